The van der Waals surface area contributed by atoms with Crippen molar-refractivity contribution in [1.29, 1.82) is 0 Å². The van der Waals surface area contributed by atoms with Crippen molar-refractivity contribution in [1.82, 2.24) is 9.78 Å². The van der Waals surface area contributed by atoms with E-state index in [2.05, 4.69) is 15.3 Å². The Morgan fingerprint density at radius 1 is 1.38 bits per heavy atom. The summed E-state index contributed by atoms with van der Waals surface area (Å²) in [6.45, 7) is 4.08. The molecule has 1 aromatic carbocycles. The van der Waals surface area contributed by atoms with E-state index >= 15 is 0 Å². The predicted molar refractivity (Wildman–Crippen MR) is 85.9 cm³/mol. The Balaban J connectivity index is 2.38. The number of ether oxygens (including phenoxy) is 1. The molecule has 110 valence electrons. The van der Waals surface area contributed by atoms with Crippen LogP contribution in [0.2, 0.25) is 5.02 Å². The van der Waals surface area contributed by atoms with Crippen molar-refractivity contribution < 1.29 is 4.74 Å². The van der Waals surface area contributed by atoms with Gasteiger partial charge in [-0.25, -0.2) is 0 Å². The Bertz CT molecular complexity index is 681. The van der Waals surface area contributed by atoms with Gasteiger partial charge in [0.05, 0.1) is 18.0 Å². The average molecular weight is 324 g/mol. The van der Waals surface area contributed by atoms with Gasteiger partial charge in [0.2, 0.25) is 5.88 Å². The van der Waals surface area contributed by atoms with Gasteiger partial charge in [0, 0.05) is 5.02 Å². The van der Waals surface area contributed by atoms with E-state index in [-0.39, 0.29) is 5.11 Å². The maximum Gasteiger partial charge on any atom is 0.247 e. The fourth-order valence-corrected chi connectivity index (χ4v) is 1.89. The van der Waals surface area contributed by atoms with Crippen LogP contribution in [0, 0.1) is 6.92 Å². The number of azo groups is 1. The quantitative estimate of drug-likeness (QED) is 0.686. The molecule has 2 rings (SSSR count). The molecule has 1 heterocycles. The first-order chi connectivity index (χ1) is 10.0. The summed E-state index contributed by atoms with van der Waals surface area (Å²) in [4.78, 5) is 0. The molecular formula is C13H14ClN5OS. The predicted octanol–water partition coefficient (Wildman–Crippen LogP) is 3.75. The summed E-state index contributed by atoms with van der Waals surface area (Å²) in [5, 5.41) is 13.3. The molecule has 21 heavy (non-hydrogen) atoms. The van der Waals surface area contributed by atoms with Crippen molar-refractivity contribution in [3.05, 3.63) is 35.0 Å². The second-order valence-electron chi connectivity index (χ2n) is 4.10. The van der Waals surface area contributed by atoms with Crippen LogP contribution in [0.15, 0.2) is 34.5 Å². The summed E-state index contributed by atoms with van der Waals surface area (Å²) in [5.41, 5.74) is 7.41. The van der Waals surface area contributed by atoms with Gasteiger partial charge >= 0.3 is 0 Å². The highest BCUT2D eigenvalue weighted by Crippen LogP contribution is 2.32. The Labute approximate surface area is 132 Å². The van der Waals surface area contributed by atoms with E-state index in [1.165, 1.54) is 4.68 Å². The van der Waals surface area contributed by atoms with Crippen molar-refractivity contribution in [3.63, 3.8) is 0 Å². The third-order valence-electron chi connectivity index (χ3n) is 2.57. The highest BCUT2D eigenvalue weighted by Gasteiger charge is 2.18. The van der Waals surface area contributed by atoms with E-state index in [0.29, 0.717) is 34.6 Å². The third-order valence-corrected chi connectivity index (χ3v) is 2.99. The summed E-state index contributed by atoms with van der Waals surface area (Å²) in [6, 6.07) is 7.01. The van der Waals surface area contributed by atoms with E-state index < -0.39 is 0 Å². The average Bonchev–Trinajstić information content (AvgIpc) is 2.76. The van der Waals surface area contributed by atoms with Crippen LogP contribution in [0.5, 0.6) is 5.88 Å². The Morgan fingerprint density at radius 2 is 2.05 bits per heavy atom. The van der Waals surface area contributed by atoms with Gasteiger partial charge in [-0.05, 0) is 50.3 Å². The molecule has 0 aliphatic rings. The number of rotatable bonds is 4. The van der Waals surface area contributed by atoms with Crippen LogP contribution >= 0.6 is 23.8 Å². The number of nitrogens with zero attached hydrogens (tertiary/aromatic N) is 4. The lowest BCUT2D eigenvalue weighted by atomic mass is 10.3. The minimum absolute atomic E-state index is 0.0921. The number of aryl methyl sites for hydroxylation is 1. The van der Waals surface area contributed by atoms with Crippen LogP contribution in [0.1, 0.15) is 12.6 Å². The molecule has 0 amide bonds. The van der Waals surface area contributed by atoms with Crippen molar-refractivity contribution in [2.45, 2.75) is 13.8 Å². The van der Waals surface area contributed by atoms with Gasteiger partial charge in [-0.1, -0.05) is 11.6 Å². The molecule has 2 N–H and O–H groups in total. The highest BCUT2D eigenvalue weighted by atomic mass is 35.5. The smallest absolute Gasteiger partial charge is 0.247 e. The van der Waals surface area contributed by atoms with Crippen LogP contribution in [0.25, 0.3) is 0 Å². The number of halogens is 1. The molecule has 0 fully saturated rings. The van der Waals surface area contributed by atoms with Crippen LogP contribution in [-0.2, 0) is 0 Å². The molecule has 0 aliphatic heterocycles. The van der Waals surface area contributed by atoms with Crippen LogP contribution in [0.4, 0.5) is 11.4 Å². The molecule has 0 radical (unpaired) electrons. The fraction of sp³-hybridized carbons (Fsp3) is 0.231. The van der Waals surface area contributed by atoms with E-state index in [9.17, 15) is 0 Å². The second-order valence-corrected chi connectivity index (χ2v) is 4.95. The monoisotopic (exact) mass is 323 g/mol. The standard InChI is InChI=1S/C13H14ClN5OS/c1-3-20-12-11(8(2)18-19(12)13(15)21)17-16-10-6-4-9(14)5-7-10/h4-7H,3H2,1-2H3,(H2,15,21). The first-order valence-electron chi connectivity index (χ1n) is 6.22. The molecule has 0 saturated heterocycles. The molecule has 6 nitrogen and oxygen atoms in total. The van der Waals surface area contributed by atoms with E-state index in [1.54, 1.807) is 31.2 Å². The molecule has 1 aromatic heterocycles. The largest absolute Gasteiger partial charge is 0.476 e. The summed E-state index contributed by atoms with van der Waals surface area (Å²) in [5.74, 6) is 0.389. The zero-order chi connectivity index (χ0) is 15.4. The minimum Gasteiger partial charge on any atom is -0.476 e. The van der Waals surface area contributed by atoms with Crippen LogP contribution in [-0.4, -0.2) is 21.5 Å². The van der Waals surface area contributed by atoms with Gasteiger partial charge in [0.1, 0.15) is 0 Å². The summed E-state index contributed by atoms with van der Waals surface area (Å²) < 4.78 is 6.85. The molecule has 0 aliphatic carbocycles. The van der Waals surface area contributed by atoms with Crippen LogP contribution < -0.4 is 10.5 Å². The van der Waals surface area contributed by atoms with Gasteiger partial charge in [0.25, 0.3) is 0 Å². The SMILES string of the molecule is CCOc1c(N=Nc2ccc(Cl)cc2)c(C)nn1C(N)=S. The van der Waals surface area contributed by atoms with Gasteiger partial charge in [-0.15, -0.1) is 5.11 Å². The lowest BCUT2D eigenvalue weighted by Crippen LogP contribution is -2.21. The summed E-state index contributed by atoms with van der Waals surface area (Å²) >= 11 is 10.8. The zero-order valence-electron chi connectivity index (χ0n) is 11.6. The molecule has 2 aromatic rings. The fourth-order valence-electron chi connectivity index (χ4n) is 1.64. The number of benzene rings is 1. The number of thiocarbonyl (C=S) groups is 1. The van der Waals surface area contributed by atoms with E-state index in [4.69, 9.17) is 34.3 Å². The number of nitrogens with two attached hydrogens (primary N) is 1. The van der Waals surface area contributed by atoms with Gasteiger partial charge in [-0.2, -0.15) is 14.9 Å². The highest BCUT2D eigenvalue weighted by molar-refractivity contribution is 7.80. The Morgan fingerprint density at radius 3 is 2.62 bits per heavy atom. The Kier molecular flexibility index (Phi) is 4.87. The summed E-state index contributed by atoms with van der Waals surface area (Å²) in [6.07, 6.45) is 0. The minimum atomic E-state index is 0.0921. The molecule has 0 saturated carbocycles. The zero-order valence-corrected chi connectivity index (χ0v) is 13.1. The lowest BCUT2D eigenvalue weighted by Gasteiger charge is -2.05. The maximum atomic E-state index is 5.82. The number of hydrogen-bond donors (Lipinski definition) is 1. The maximum absolute atomic E-state index is 5.82. The normalized spacial score (nSPS) is 11.0. The molecule has 0 unspecified atom stereocenters. The van der Waals surface area contributed by atoms with E-state index in [1.807, 2.05) is 6.92 Å². The van der Waals surface area contributed by atoms with E-state index in [0.717, 1.165) is 0 Å². The van der Waals surface area contributed by atoms with Crippen molar-refractivity contribution in [2.75, 3.05) is 6.61 Å². The third kappa shape index (κ3) is 3.56. The van der Waals surface area contributed by atoms with Crippen molar-refractivity contribution >= 4 is 40.3 Å². The molecule has 0 atom stereocenters. The summed E-state index contributed by atoms with van der Waals surface area (Å²) in [7, 11) is 0. The Hall–Kier alpha value is -1.99. The van der Waals surface area contributed by atoms with Gasteiger partial charge < -0.3 is 10.5 Å². The molecule has 0 bridgehead atoms. The number of hydrogen-bond acceptors (Lipinski definition) is 5. The molecular weight excluding hydrogens is 310 g/mol. The van der Waals surface area contributed by atoms with Gasteiger partial charge in [-0.3, -0.25) is 0 Å². The van der Waals surface area contributed by atoms with Crippen LogP contribution in [0.3, 0.4) is 0 Å². The van der Waals surface area contributed by atoms with Gasteiger partial charge in [0.15, 0.2) is 10.8 Å². The lowest BCUT2D eigenvalue weighted by molar-refractivity contribution is 0.320. The molecule has 0 spiro atoms. The first kappa shape index (κ1) is 15.4. The van der Waals surface area contributed by atoms with Crippen molar-refractivity contribution in [3.8, 4) is 5.88 Å². The topological polar surface area (TPSA) is 77.8 Å². The molecule has 8 heteroatoms. The first-order valence-corrected chi connectivity index (χ1v) is 7.01. The number of aromatic nitrogens is 2. The van der Waals surface area contributed by atoms with Crippen molar-refractivity contribution in [2.24, 2.45) is 16.0 Å². The second kappa shape index (κ2) is 6.64.